The van der Waals surface area contributed by atoms with Gasteiger partial charge < -0.3 is 19.9 Å². The first-order valence-corrected chi connectivity index (χ1v) is 10.9. The van der Waals surface area contributed by atoms with Gasteiger partial charge in [-0.25, -0.2) is 9.69 Å². The van der Waals surface area contributed by atoms with Crippen LogP contribution in [0.3, 0.4) is 0 Å². The molecular weight excluding hydrogens is 412 g/mol. The van der Waals surface area contributed by atoms with E-state index in [1.165, 1.54) is 0 Å². The molecule has 9 nitrogen and oxygen atoms in total. The second-order valence-electron chi connectivity index (χ2n) is 8.45. The highest BCUT2D eigenvalue weighted by Gasteiger charge is 2.50. The van der Waals surface area contributed by atoms with E-state index < -0.39 is 18.1 Å². The minimum atomic E-state index is -0.711. The standard InChI is InChI=1S/C23H28N4O5/c1-4-32-22(30)15-9-11-26(12-10-15)20(28)17-13-25(3)19-18(17)24-23(31)27(21(19)29)16-7-5-14(2)6-8-16/h5-8,13,15,18-19H,4,9-12H2,1-3H3,(H,24,31). The Morgan fingerprint density at radius 2 is 1.78 bits per heavy atom. The lowest BCUT2D eigenvalue weighted by molar-refractivity contribution is -0.150. The molecule has 2 unspecified atom stereocenters. The van der Waals surface area contributed by atoms with Gasteiger partial charge in [-0.15, -0.1) is 0 Å². The molecule has 2 fully saturated rings. The van der Waals surface area contributed by atoms with Crippen molar-refractivity contribution in [2.75, 3.05) is 31.6 Å². The van der Waals surface area contributed by atoms with Crippen LogP contribution in [0.2, 0.25) is 0 Å². The Morgan fingerprint density at radius 3 is 2.41 bits per heavy atom. The van der Waals surface area contributed by atoms with Gasteiger partial charge in [-0.1, -0.05) is 17.7 Å². The molecular formula is C23H28N4O5. The number of amides is 4. The zero-order chi connectivity index (χ0) is 23.0. The molecule has 1 aromatic carbocycles. The number of esters is 1. The molecule has 2 atom stereocenters. The molecule has 4 amide bonds. The van der Waals surface area contributed by atoms with Crippen LogP contribution in [0.25, 0.3) is 0 Å². The van der Waals surface area contributed by atoms with Crippen LogP contribution in [0, 0.1) is 12.8 Å². The number of hydrogen-bond acceptors (Lipinski definition) is 6. The molecule has 3 heterocycles. The van der Waals surface area contributed by atoms with Gasteiger partial charge in [0.1, 0.15) is 6.04 Å². The Kier molecular flexibility index (Phi) is 5.90. The summed E-state index contributed by atoms with van der Waals surface area (Å²) in [7, 11) is 1.73. The number of piperidine rings is 1. The second kappa shape index (κ2) is 8.64. The van der Waals surface area contributed by atoms with E-state index in [-0.39, 0.29) is 23.7 Å². The van der Waals surface area contributed by atoms with Gasteiger partial charge in [0.05, 0.1) is 29.8 Å². The van der Waals surface area contributed by atoms with Crippen LogP contribution < -0.4 is 10.2 Å². The van der Waals surface area contributed by atoms with Crippen molar-refractivity contribution in [2.45, 2.75) is 38.8 Å². The molecule has 4 rings (SSSR count). The molecule has 0 spiro atoms. The summed E-state index contributed by atoms with van der Waals surface area (Å²) < 4.78 is 5.09. The normalized spacial score (nSPS) is 23.6. The fraction of sp³-hybridized carbons (Fsp3) is 0.478. The zero-order valence-electron chi connectivity index (χ0n) is 18.5. The molecule has 0 aromatic heterocycles. The van der Waals surface area contributed by atoms with Crippen LogP contribution in [0.1, 0.15) is 25.3 Å². The number of anilines is 1. The largest absolute Gasteiger partial charge is 0.466 e. The number of urea groups is 1. The number of aryl methyl sites for hydroxylation is 1. The van der Waals surface area contributed by atoms with Crippen LogP contribution in [0.5, 0.6) is 0 Å². The maximum atomic E-state index is 13.3. The predicted octanol–water partition coefficient (Wildman–Crippen LogP) is 1.42. The second-order valence-corrected chi connectivity index (χ2v) is 8.45. The van der Waals surface area contributed by atoms with Crippen molar-refractivity contribution in [3.8, 4) is 0 Å². The molecule has 0 aliphatic carbocycles. The Bertz CT molecular complexity index is 965. The third-order valence-electron chi connectivity index (χ3n) is 6.33. The highest BCUT2D eigenvalue weighted by atomic mass is 16.5. The first-order chi connectivity index (χ1) is 15.3. The summed E-state index contributed by atoms with van der Waals surface area (Å²) in [5.41, 5.74) is 1.90. The molecule has 0 radical (unpaired) electrons. The molecule has 32 heavy (non-hydrogen) atoms. The molecule has 9 heteroatoms. The fourth-order valence-electron chi connectivity index (χ4n) is 4.58. The first kappa shape index (κ1) is 21.9. The number of nitrogens with one attached hydrogen (secondary N) is 1. The van der Waals surface area contributed by atoms with E-state index in [1.54, 1.807) is 42.1 Å². The number of ether oxygens (including phenoxy) is 1. The number of likely N-dealkylation sites (N-methyl/N-ethyl adjacent to an activating group) is 1. The maximum absolute atomic E-state index is 13.3. The molecule has 1 aromatic rings. The summed E-state index contributed by atoms with van der Waals surface area (Å²) in [6, 6.07) is 5.20. The lowest BCUT2D eigenvalue weighted by Gasteiger charge is -2.38. The van der Waals surface area contributed by atoms with E-state index >= 15 is 0 Å². The Hall–Kier alpha value is -3.36. The molecule has 0 bridgehead atoms. The highest BCUT2D eigenvalue weighted by molar-refractivity contribution is 6.19. The number of carbonyl (C=O) groups is 4. The molecule has 1 N–H and O–H groups in total. The van der Waals surface area contributed by atoms with Crippen molar-refractivity contribution in [2.24, 2.45) is 5.92 Å². The van der Waals surface area contributed by atoms with Gasteiger partial charge in [0.15, 0.2) is 0 Å². The minimum absolute atomic E-state index is 0.203. The van der Waals surface area contributed by atoms with Gasteiger partial charge in [-0.2, -0.15) is 0 Å². The van der Waals surface area contributed by atoms with Crippen molar-refractivity contribution in [3.63, 3.8) is 0 Å². The number of nitrogens with zero attached hydrogens (tertiary/aromatic N) is 3. The number of imide groups is 1. The van der Waals surface area contributed by atoms with Gasteiger partial charge in [0.25, 0.3) is 11.8 Å². The van der Waals surface area contributed by atoms with Crippen molar-refractivity contribution < 1.29 is 23.9 Å². The van der Waals surface area contributed by atoms with Crippen molar-refractivity contribution >= 4 is 29.5 Å². The maximum Gasteiger partial charge on any atom is 0.329 e. The average Bonchev–Trinajstić information content (AvgIpc) is 3.11. The Balaban J connectivity index is 1.47. The van der Waals surface area contributed by atoms with Crippen LogP contribution in [-0.2, 0) is 19.1 Å². The summed E-state index contributed by atoms with van der Waals surface area (Å²) in [6.45, 7) is 4.90. The predicted molar refractivity (Wildman–Crippen MR) is 117 cm³/mol. The van der Waals surface area contributed by atoms with Crippen LogP contribution in [0.15, 0.2) is 36.0 Å². The quantitative estimate of drug-likeness (QED) is 0.711. The third-order valence-corrected chi connectivity index (χ3v) is 6.33. The lowest BCUT2D eigenvalue weighted by Crippen LogP contribution is -2.65. The van der Waals surface area contributed by atoms with Gasteiger partial charge in [-0.3, -0.25) is 14.4 Å². The zero-order valence-corrected chi connectivity index (χ0v) is 18.5. The molecule has 3 aliphatic heterocycles. The molecule has 170 valence electrons. The number of likely N-dealkylation sites (tertiary alicyclic amines) is 1. The summed E-state index contributed by atoms with van der Waals surface area (Å²) in [5.74, 6) is -1.01. The summed E-state index contributed by atoms with van der Waals surface area (Å²) >= 11 is 0. The van der Waals surface area contributed by atoms with Gasteiger partial charge in [-0.05, 0) is 38.8 Å². The smallest absolute Gasteiger partial charge is 0.329 e. The summed E-state index contributed by atoms with van der Waals surface area (Å²) in [6.07, 6.45) is 2.72. The van der Waals surface area contributed by atoms with E-state index in [9.17, 15) is 19.2 Å². The molecule has 0 saturated carbocycles. The number of fused-ring (bicyclic) bond motifs is 1. The van der Waals surface area contributed by atoms with Crippen LogP contribution in [0.4, 0.5) is 10.5 Å². The van der Waals surface area contributed by atoms with E-state index in [4.69, 9.17) is 4.74 Å². The number of hydrogen-bond donors (Lipinski definition) is 1. The van der Waals surface area contributed by atoms with Crippen LogP contribution in [-0.4, -0.2) is 72.4 Å². The third kappa shape index (κ3) is 3.83. The van der Waals surface area contributed by atoms with E-state index in [1.807, 2.05) is 19.1 Å². The lowest BCUT2D eigenvalue weighted by atomic mass is 9.94. The van der Waals surface area contributed by atoms with Crippen molar-refractivity contribution in [1.82, 2.24) is 15.1 Å². The summed E-state index contributed by atoms with van der Waals surface area (Å²) in [4.78, 5) is 55.8. The Morgan fingerprint density at radius 1 is 1.12 bits per heavy atom. The number of carbonyl (C=O) groups excluding carboxylic acids is 4. The first-order valence-electron chi connectivity index (χ1n) is 10.9. The van der Waals surface area contributed by atoms with Crippen molar-refractivity contribution in [3.05, 3.63) is 41.6 Å². The number of rotatable bonds is 4. The molecule has 2 saturated heterocycles. The van der Waals surface area contributed by atoms with Gasteiger partial charge >= 0.3 is 12.0 Å². The van der Waals surface area contributed by atoms with Crippen LogP contribution >= 0.6 is 0 Å². The summed E-state index contributed by atoms with van der Waals surface area (Å²) in [5, 5.41) is 2.85. The van der Waals surface area contributed by atoms with E-state index in [0.717, 1.165) is 10.5 Å². The van der Waals surface area contributed by atoms with E-state index in [2.05, 4.69) is 5.32 Å². The fourth-order valence-corrected chi connectivity index (χ4v) is 4.58. The van der Waals surface area contributed by atoms with Gasteiger partial charge in [0, 0.05) is 26.3 Å². The Labute approximate surface area is 187 Å². The number of benzene rings is 1. The molecule has 3 aliphatic rings. The SMILES string of the molecule is CCOC(=O)C1CCN(C(=O)C2=CN(C)C3C(=O)N(c4ccc(C)cc4)C(=O)NC23)CC1. The van der Waals surface area contributed by atoms with E-state index in [0.29, 0.717) is 43.8 Å². The van der Waals surface area contributed by atoms with Gasteiger partial charge in [0.2, 0.25) is 0 Å². The average molecular weight is 441 g/mol. The topological polar surface area (TPSA) is 99.3 Å². The highest BCUT2D eigenvalue weighted by Crippen LogP contribution is 2.31. The monoisotopic (exact) mass is 440 g/mol. The van der Waals surface area contributed by atoms with Crippen molar-refractivity contribution in [1.29, 1.82) is 0 Å². The minimum Gasteiger partial charge on any atom is -0.466 e.